The number of benzene rings is 1. The molecule has 6 heteroatoms. The largest absolute Gasteiger partial charge is 0.360 e. The van der Waals surface area contributed by atoms with Gasteiger partial charge in [-0.2, -0.15) is 4.98 Å². The van der Waals surface area contributed by atoms with Crippen molar-refractivity contribution >= 4 is 23.3 Å². The van der Waals surface area contributed by atoms with E-state index in [4.69, 9.17) is 4.52 Å². The van der Waals surface area contributed by atoms with Crippen LogP contribution in [-0.2, 0) is 0 Å². The molecule has 0 aliphatic carbocycles. The number of aryl methyl sites for hydroxylation is 2. The maximum atomic E-state index is 5.02. The van der Waals surface area contributed by atoms with E-state index in [1.54, 1.807) is 18.3 Å². The number of anilines is 4. The van der Waals surface area contributed by atoms with Gasteiger partial charge in [-0.05, 0) is 44.0 Å². The first kappa shape index (κ1) is 14.1. The fourth-order valence-corrected chi connectivity index (χ4v) is 2.05. The third kappa shape index (κ3) is 3.06. The number of nitrogens with zero attached hydrogens (tertiary/aromatic N) is 3. The summed E-state index contributed by atoms with van der Waals surface area (Å²) in [4.78, 5) is 8.67. The second-order valence-corrected chi connectivity index (χ2v) is 5.09. The quantitative estimate of drug-likeness (QED) is 0.760. The minimum Gasteiger partial charge on any atom is -0.360 e. The molecular formula is C16H17N5O. The van der Waals surface area contributed by atoms with E-state index in [-0.39, 0.29) is 0 Å². The summed E-state index contributed by atoms with van der Waals surface area (Å²) in [5.41, 5.74) is 3.39. The van der Waals surface area contributed by atoms with E-state index in [2.05, 4.69) is 45.7 Å². The third-order valence-corrected chi connectivity index (χ3v) is 3.39. The van der Waals surface area contributed by atoms with Crippen LogP contribution in [0.4, 0.5) is 23.3 Å². The molecule has 0 bridgehead atoms. The van der Waals surface area contributed by atoms with E-state index in [0.29, 0.717) is 17.6 Å². The van der Waals surface area contributed by atoms with Crippen molar-refractivity contribution in [3.05, 3.63) is 53.4 Å². The molecule has 6 nitrogen and oxygen atoms in total. The van der Waals surface area contributed by atoms with Gasteiger partial charge in [0.05, 0.1) is 0 Å². The van der Waals surface area contributed by atoms with Crippen LogP contribution < -0.4 is 10.6 Å². The Kier molecular flexibility index (Phi) is 3.74. The highest BCUT2D eigenvalue weighted by atomic mass is 16.5. The molecule has 0 saturated heterocycles. The fourth-order valence-electron chi connectivity index (χ4n) is 2.05. The van der Waals surface area contributed by atoms with Gasteiger partial charge >= 0.3 is 0 Å². The normalized spacial score (nSPS) is 10.5. The second kappa shape index (κ2) is 5.85. The number of hydrogen-bond donors (Lipinski definition) is 2. The lowest BCUT2D eigenvalue weighted by molar-refractivity contribution is 0.400. The van der Waals surface area contributed by atoms with Crippen molar-refractivity contribution in [1.82, 2.24) is 15.1 Å². The van der Waals surface area contributed by atoms with E-state index in [0.717, 1.165) is 11.4 Å². The Hall–Kier alpha value is -2.89. The highest BCUT2D eigenvalue weighted by Crippen LogP contribution is 2.22. The third-order valence-electron chi connectivity index (χ3n) is 3.39. The number of aromatic nitrogens is 3. The van der Waals surface area contributed by atoms with Crippen LogP contribution in [0.3, 0.4) is 0 Å². The molecule has 0 spiro atoms. The van der Waals surface area contributed by atoms with Gasteiger partial charge in [-0.15, -0.1) is 0 Å². The van der Waals surface area contributed by atoms with E-state index in [1.165, 1.54) is 11.1 Å². The standard InChI is InChI=1S/C16H17N5O/c1-10-5-4-6-13(12(10)3)18-16-17-8-7-14(20-16)19-15-9-11(2)22-21-15/h4-9H,1-3H3,(H2,17,18,19,20,21). The molecule has 2 aromatic heterocycles. The molecule has 2 N–H and O–H groups in total. The Morgan fingerprint density at radius 1 is 1.00 bits per heavy atom. The zero-order chi connectivity index (χ0) is 15.5. The van der Waals surface area contributed by atoms with E-state index < -0.39 is 0 Å². The minimum absolute atomic E-state index is 0.527. The van der Waals surface area contributed by atoms with Crippen molar-refractivity contribution in [2.45, 2.75) is 20.8 Å². The van der Waals surface area contributed by atoms with Crippen molar-refractivity contribution in [1.29, 1.82) is 0 Å². The van der Waals surface area contributed by atoms with E-state index in [1.807, 2.05) is 19.1 Å². The van der Waals surface area contributed by atoms with Gasteiger partial charge in [0.25, 0.3) is 0 Å². The molecule has 112 valence electrons. The summed E-state index contributed by atoms with van der Waals surface area (Å²) in [5, 5.41) is 10.2. The predicted octanol–water partition coefficient (Wildman–Crippen LogP) is 3.88. The van der Waals surface area contributed by atoms with E-state index >= 15 is 0 Å². The van der Waals surface area contributed by atoms with Gasteiger partial charge in [-0.25, -0.2) is 4.98 Å². The molecule has 0 fully saturated rings. The van der Waals surface area contributed by atoms with Crippen LogP contribution in [0, 0.1) is 20.8 Å². The predicted molar refractivity (Wildman–Crippen MR) is 85.8 cm³/mol. The van der Waals surface area contributed by atoms with Crippen molar-refractivity contribution in [3.63, 3.8) is 0 Å². The molecule has 0 aliphatic heterocycles. The average Bonchev–Trinajstić information content (AvgIpc) is 2.89. The van der Waals surface area contributed by atoms with Gasteiger partial charge in [0, 0.05) is 18.0 Å². The Morgan fingerprint density at radius 3 is 2.64 bits per heavy atom. The summed E-state index contributed by atoms with van der Waals surface area (Å²) in [7, 11) is 0. The first-order valence-electron chi connectivity index (χ1n) is 6.98. The van der Waals surface area contributed by atoms with Crippen LogP contribution in [0.2, 0.25) is 0 Å². The van der Waals surface area contributed by atoms with Gasteiger partial charge in [-0.3, -0.25) is 0 Å². The first-order valence-corrected chi connectivity index (χ1v) is 6.98. The summed E-state index contributed by atoms with van der Waals surface area (Å²) in [6.45, 7) is 5.98. The molecule has 1 aromatic carbocycles. The number of nitrogens with one attached hydrogen (secondary N) is 2. The lowest BCUT2D eigenvalue weighted by Gasteiger charge is -2.10. The summed E-state index contributed by atoms with van der Waals surface area (Å²) in [6.07, 6.45) is 1.69. The molecule has 0 unspecified atom stereocenters. The molecule has 2 heterocycles. The van der Waals surface area contributed by atoms with Crippen LogP contribution >= 0.6 is 0 Å². The Bertz CT molecular complexity index is 797. The van der Waals surface area contributed by atoms with Crippen molar-refractivity contribution < 1.29 is 4.52 Å². The molecule has 3 aromatic rings. The monoisotopic (exact) mass is 295 g/mol. The highest BCUT2D eigenvalue weighted by Gasteiger charge is 2.06. The van der Waals surface area contributed by atoms with Gasteiger partial charge in [0.2, 0.25) is 5.95 Å². The first-order chi connectivity index (χ1) is 10.6. The summed E-state index contributed by atoms with van der Waals surface area (Å²) in [6, 6.07) is 9.67. The topological polar surface area (TPSA) is 75.9 Å². The zero-order valence-electron chi connectivity index (χ0n) is 12.7. The van der Waals surface area contributed by atoms with Crippen LogP contribution in [0.25, 0.3) is 0 Å². The Labute approximate surface area is 128 Å². The molecular weight excluding hydrogens is 278 g/mol. The minimum atomic E-state index is 0.527. The summed E-state index contributed by atoms with van der Waals surface area (Å²) < 4.78 is 5.02. The molecule has 3 rings (SSSR count). The lowest BCUT2D eigenvalue weighted by atomic mass is 10.1. The molecule has 0 aliphatic rings. The molecule has 22 heavy (non-hydrogen) atoms. The van der Waals surface area contributed by atoms with Crippen molar-refractivity contribution in [2.24, 2.45) is 0 Å². The van der Waals surface area contributed by atoms with Crippen LogP contribution in [0.1, 0.15) is 16.9 Å². The second-order valence-electron chi connectivity index (χ2n) is 5.09. The van der Waals surface area contributed by atoms with Crippen molar-refractivity contribution in [3.8, 4) is 0 Å². The maximum absolute atomic E-state index is 5.02. The van der Waals surface area contributed by atoms with Gasteiger partial charge in [-0.1, -0.05) is 17.3 Å². The SMILES string of the molecule is Cc1cc(Nc2ccnc(Nc3cccc(C)c3C)n2)no1. The van der Waals surface area contributed by atoms with Gasteiger partial charge in [0.15, 0.2) is 5.82 Å². The van der Waals surface area contributed by atoms with E-state index in [9.17, 15) is 0 Å². The van der Waals surface area contributed by atoms with Gasteiger partial charge in [0.1, 0.15) is 11.6 Å². The Morgan fingerprint density at radius 2 is 1.86 bits per heavy atom. The summed E-state index contributed by atoms with van der Waals surface area (Å²) >= 11 is 0. The highest BCUT2D eigenvalue weighted by molar-refractivity contribution is 5.61. The summed E-state index contributed by atoms with van der Waals surface area (Å²) in [5.74, 6) is 2.54. The smallest absolute Gasteiger partial charge is 0.229 e. The van der Waals surface area contributed by atoms with Crippen LogP contribution in [-0.4, -0.2) is 15.1 Å². The number of hydrogen-bond acceptors (Lipinski definition) is 6. The fraction of sp³-hybridized carbons (Fsp3) is 0.188. The maximum Gasteiger partial charge on any atom is 0.229 e. The molecule has 0 radical (unpaired) electrons. The number of rotatable bonds is 4. The van der Waals surface area contributed by atoms with Crippen LogP contribution in [0.5, 0.6) is 0 Å². The average molecular weight is 295 g/mol. The van der Waals surface area contributed by atoms with Gasteiger partial charge < -0.3 is 15.2 Å². The molecule has 0 saturated carbocycles. The lowest BCUT2D eigenvalue weighted by Crippen LogP contribution is -2.02. The molecule has 0 amide bonds. The molecule has 0 atom stereocenters. The van der Waals surface area contributed by atoms with Crippen molar-refractivity contribution in [2.75, 3.05) is 10.6 Å². The Balaban J connectivity index is 1.80. The van der Waals surface area contributed by atoms with Crippen LogP contribution in [0.15, 0.2) is 41.1 Å². The zero-order valence-corrected chi connectivity index (χ0v) is 12.7.